The van der Waals surface area contributed by atoms with Crippen LogP contribution in [0.3, 0.4) is 0 Å². The summed E-state index contributed by atoms with van der Waals surface area (Å²) in [6, 6.07) is 21.7. The van der Waals surface area contributed by atoms with Crippen LogP contribution in [0.15, 0.2) is 95.4 Å². The number of hydrazine groups is 2. The minimum Gasteiger partial charge on any atom is -0.369 e. The summed E-state index contributed by atoms with van der Waals surface area (Å²) >= 11 is 0. The first kappa shape index (κ1) is 38.5. The zero-order valence-corrected chi connectivity index (χ0v) is 33.0. The molecule has 0 spiro atoms. The summed E-state index contributed by atoms with van der Waals surface area (Å²) in [4.78, 5) is 47.6. The van der Waals surface area contributed by atoms with Crippen molar-refractivity contribution in [2.75, 3.05) is 75.2 Å². The summed E-state index contributed by atoms with van der Waals surface area (Å²) in [6.45, 7) is 10.6. The number of nitrogens with one attached hydrogen (secondary N) is 2. The molecule has 56 heavy (non-hydrogen) atoms. The lowest BCUT2D eigenvalue weighted by atomic mass is 9.91. The Hall–Kier alpha value is -4.36. The van der Waals surface area contributed by atoms with Crippen molar-refractivity contribution in [2.24, 2.45) is 0 Å². The molecule has 2 aromatic carbocycles. The maximum atomic E-state index is 13.0. The summed E-state index contributed by atoms with van der Waals surface area (Å²) in [5, 5.41) is 3.15. The molecule has 2 aliphatic carbocycles. The number of hydroxylamine groups is 2. The van der Waals surface area contributed by atoms with Gasteiger partial charge in [-0.1, -0.05) is 36.4 Å². The molecule has 12 nitrogen and oxygen atoms in total. The standard InChI is InChI=1S/C44H60N8O4/c53-43(55-51-41-21-9-7-17-37(41)39(45-51)19-11-25-47-27-31-49(32-28-47)35-13-3-1-4-14-35)23-24-44(54)56-52-42-22-10-8-18-38(42)40(46-52)20-12-26-48-29-33-50(34-30-48)36-15-5-2-6-16-36/h1-6,13-16,23-24,39-40,45-46H,7-12,17-22,25-34H2/b24-23-. The fraction of sp³-hybridized carbons (Fsp3) is 0.545. The molecule has 2 N–H and O–H groups in total. The molecule has 0 radical (unpaired) electrons. The van der Waals surface area contributed by atoms with Crippen molar-refractivity contribution in [1.82, 2.24) is 31.0 Å². The highest BCUT2D eigenvalue weighted by atomic mass is 16.7. The Morgan fingerprint density at radius 2 is 0.946 bits per heavy atom. The Kier molecular flexibility index (Phi) is 12.9. The number of para-hydroxylation sites is 2. The van der Waals surface area contributed by atoms with Crippen LogP contribution in [-0.2, 0) is 19.3 Å². The van der Waals surface area contributed by atoms with Gasteiger partial charge in [0.1, 0.15) is 0 Å². The molecule has 0 amide bonds. The third-order valence-corrected chi connectivity index (χ3v) is 12.5. The van der Waals surface area contributed by atoms with Crippen LogP contribution in [0.25, 0.3) is 0 Å². The van der Waals surface area contributed by atoms with E-state index in [1.165, 1.54) is 34.7 Å². The van der Waals surface area contributed by atoms with Gasteiger partial charge in [-0.05, 0) is 126 Å². The van der Waals surface area contributed by atoms with Crippen molar-refractivity contribution in [3.63, 3.8) is 0 Å². The van der Waals surface area contributed by atoms with Gasteiger partial charge in [0.15, 0.2) is 0 Å². The van der Waals surface area contributed by atoms with Crippen LogP contribution in [0.2, 0.25) is 0 Å². The monoisotopic (exact) mass is 764 g/mol. The molecule has 4 heterocycles. The van der Waals surface area contributed by atoms with E-state index >= 15 is 0 Å². The minimum atomic E-state index is -0.599. The number of nitrogens with zero attached hydrogens (tertiary/aromatic N) is 6. The van der Waals surface area contributed by atoms with Gasteiger partial charge in [0.2, 0.25) is 0 Å². The molecule has 2 fully saturated rings. The Balaban J connectivity index is 0.762. The van der Waals surface area contributed by atoms with E-state index in [1.54, 1.807) is 10.3 Å². The number of hydrogen-bond donors (Lipinski definition) is 2. The van der Waals surface area contributed by atoms with Crippen molar-refractivity contribution in [1.29, 1.82) is 0 Å². The molecule has 8 rings (SSSR count). The van der Waals surface area contributed by atoms with E-state index in [1.807, 2.05) is 0 Å². The number of allylic oxidation sites excluding steroid dienone is 2. The number of benzene rings is 2. The Morgan fingerprint density at radius 3 is 1.36 bits per heavy atom. The number of carbonyl (C=O) groups excluding carboxylic acids is 2. The molecule has 2 atom stereocenters. The summed E-state index contributed by atoms with van der Waals surface area (Å²) in [5.41, 5.74) is 14.4. The fourth-order valence-electron chi connectivity index (χ4n) is 9.43. The second-order valence-corrected chi connectivity index (χ2v) is 16.1. The van der Waals surface area contributed by atoms with Crippen molar-refractivity contribution < 1.29 is 19.3 Å². The normalized spacial score (nSPS) is 23.6. The van der Waals surface area contributed by atoms with Crippen LogP contribution < -0.4 is 20.7 Å². The SMILES string of the molecule is O=C(/C=C\C(=O)ON1NC(CCCN2CCN(c3ccccc3)CC2)C2=C1CCCC2)ON1NC(CCCN2CCN(c3ccccc3)CC2)C2=C1CCCC2. The number of carbonyl (C=O) groups is 2. The molecule has 2 unspecified atom stereocenters. The van der Waals surface area contributed by atoms with Crippen LogP contribution in [-0.4, -0.2) is 110 Å². The van der Waals surface area contributed by atoms with Gasteiger partial charge < -0.3 is 19.5 Å². The molecule has 2 saturated heterocycles. The lowest BCUT2D eigenvalue weighted by Crippen LogP contribution is -2.47. The Bertz CT molecular complexity index is 1590. The second-order valence-electron chi connectivity index (χ2n) is 16.1. The molecule has 6 aliphatic rings. The zero-order valence-electron chi connectivity index (χ0n) is 33.0. The first-order valence-electron chi connectivity index (χ1n) is 21.3. The average Bonchev–Trinajstić information content (AvgIpc) is 3.78. The quantitative estimate of drug-likeness (QED) is 0.231. The Morgan fingerprint density at radius 1 is 0.554 bits per heavy atom. The van der Waals surface area contributed by atoms with Gasteiger partial charge in [-0.15, -0.1) is 10.3 Å². The maximum Gasteiger partial charge on any atom is 0.358 e. The van der Waals surface area contributed by atoms with E-state index in [0.717, 1.165) is 154 Å². The van der Waals surface area contributed by atoms with E-state index in [9.17, 15) is 9.59 Å². The highest BCUT2D eigenvalue weighted by Crippen LogP contribution is 2.36. The van der Waals surface area contributed by atoms with Crippen LogP contribution in [0.4, 0.5) is 11.4 Å². The largest absolute Gasteiger partial charge is 0.369 e. The van der Waals surface area contributed by atoms with Gasteiger partial charge in [0.25, 0.3) is 0 Å². The minimum absolute atomic E-state index is 0.162. The number of piperazine rings is 2. The zero-order chi connectivity index (χ0) is 38.1. The molecule has 4 aliphatic heterocycles. The highest BCUT2D eigenvalue weighted by Gasteiger charge is 2.36. The molecule has 2 aromatic rings. The predicted octanol–water partition coefficient (Wildman–Crippen LogP) is 5.70. The molecule has 0 bridgehead atoms. The molecule has 0 aromatic heterocycles. The van der Waals surface area contributed by atoms with Crippen LogP contribution in [0.1, 0.15) is 77.0 Å². The van der Waals surface area contributed by atoms with E-state index in [2.05, 4.69) is 91.1 Å². The maximum absolute atomic E-state index is 13.0. The summed E-state index contributed by atoms with van der Waals surface area (Å²) in [6.07, 6.45) is 14.7. The van der Waals surface area contributed by atoms with E-state index in [0.29, 0.717) is 0 Å². The van der Waals surface area contributed by atoms with Gasteiger partial charge in [-0.2, -0.15) is 10.9 Å². The molecule has 12 heteroatoms. The van der Waals surface area contributed by atoms with Crippen molar-refractivity contribution in [2.45, 2.75) is 89.1 Å². The third kappa shape index (κ3) is 9.59. The molecular weight excluding hydrogens is 705 g/mol. The number of anilines is 2. The lowest BCUT2D eigenvalue weighted by molar-refractivity contribution is -0.190. The van der Waals surface area contributed by atoms with Crippen molar-refractivity contribution in [3.05, 3.63) is 95.4 Å². The summed E-state index contributed by atoms with van der Waals surface area (Å²) < 4.78 is 0. The van der Waals surface area contributed by atoms with Gasteiger partial charge in [-0.3, -0.25) is 9.80 Å². The van der Waals surface area contributed by atoms with Gasteiger partial charge in [-0.25, -0.2) is 9.59 Å². The smallest absolute Gasteiger partial charge is 0.358 e. The molecule has 0 saturated carbocycles. The molecule has 300 valence electrons. The first-order chi connectivity index (χ1) is 27.6. The van der Waals surface area contributed by atoms with E-state index in [-0.39, 0.29) is 12.1 Å². The lowest BCUT2D eigenvalue weighted by Gasteiger charge is -2.36. The average molecular weight is 765 g/mol. The second kappa shape index (κ2) is 18.7. The third-order valence-electron chi connectivity index (χ3n) is 12.5. The fourth-order valence-corrected chi connectivity index (χ4v) is 9.43. The van der Waals surface area contributed by atoms with Crippen LogP contribution in [0, 0.1) is 0 Å². The van der Waals surface area contributed by atoms with Gasteiger partial charge in [0.05, 0.1) is 23.5 Å². The van der Waals surface area contributed by atoms with Crippen LogP contribution >= 0.6 is 0 Å². The molecular formula is C44H60N8O4. The Labute approximate surface area is 332 Å². The first-order valence-corrected chi connectivity index (χ1v) is 21.3. The number of rotatable bonds is 14. The predicted molar refractivity (Wildman–Crippen MR) is 218 cm³/mol. The summed E-state index contributed by atoms with van der Waals surface area (Å²) in [5.74, 6) is -1.20. The number of hydrogen-bond acceptors (Lipinski definition) is 12. The van der Waals surface area contributed by atoms with Crippen molar-refractivity contribution >= 4 is 23.3 Å². The van der Waals surface area contributed by atoms with Gasteiger partial charge >= 0.3 is 11.9 Å². The topological polar surface area (TPSA) is 96.1 Å². The van der Waals surface area contributed by atoms with Gasteiger partial charge in [0, 0.05) is 75.9 Å². The van der Waals surface area contributed by atoms with Crippen molar-refractivity contribution in [3.8, 4) is 0 Å². The van der Waals surface area contributed by atoms with E-state index < -0.39 is 11.9 Å². The van der Waals surface area contributed by atoms with E-state index in [4.69, 9.17) is 9.68 Å². The summed E-state index contributed by atoms with van der Waals surface area (Å²) in [7, 11) is 0. The highest BCUT2D eigenvalue weighted by molar-refractivity contribution is 5.91. The van der Waals surface area contributed by atoms with Crippen LogP contribution in [0.5, 0.6) is 0 Å².